The van der Waals surface area contributed by atoms with Gasteiger partial charge in [0.2, 0.25) is 0 Å². The van der Waals surface area contributed by atoms with Gasteiger partial charge in [0, 0.05) is 13.5 Å². The van der Waals surface area contributed by atoms with Crippen LogP contribution in [0.3, 0.4) is 0 Å². The summed E-state index contributed by atoms with van der Waals surface area (Å²) >= 11 is 0. The minimum absolute atomic E-state index is 0.355. The van der Waals surface area contributed by atoms with E-state index >= 15 is 0 Å². The molecule has 1 atom stereocenters. The Morgan fingerprint density at radius 2 is 2.00 bits per heavy atom. The Bertz CT molecular complexity index is 249. The summed E-state index contributed by atoms with van der Waals surface area (Å²) in [6.45, 7) is 3.88. The number of nitriles is 1. The molecule has 0 heterocycles. The third-order valence-electron chi connectivity index (χ3n) is 3.59. The van der Waals surface area contributed by atoms with E-state index in [1.807, 2.05) is 13.8 Å². The molecule has 86 valence electrons. The molecule has 0 aliphatic heterocycles. The van der Waals surface area contributed by atoms with Gasteiger partial charge in [0.15, 0.2) is 0 Å². The van der Waals surface area contributed by atoms with Crippen LogP contribution < -0.4 is 0 Å². The van der Waals surface area contributed by atoms with Crippen molar-refractivity contribution in [2.75, 3.05) is 7.11 Å². The maximum atomic E-state index is 10.2. The Morgan fingerprint density at radius 3 is 2.40 bits per heavy atom. The van der Waals surface area contributed by atoms with E-state index in [1.54, 1.807) is 7.11 Å². The maximum Gasteiger partial charge on any atom is 0.0833 e. The molecule has 1 aliphatic carbocycles. The van der Waals surface area contributed by atoms with Gasteiger partial charge in [-0.2, -0.15) is 5.26 Å². The van der Waals surface area contributed by atoms with E-state index in [4.69, 9.17) is 4.74 Å². The van der Waals surface area contributed by atoms with Crippen LogP contribution in [0.5, 0.6) is 0 Å². The molecule has 15 heavy (non-hydrogen) atoms. The van der Waals surface area contributed by atoms with Gasteiger partial charge in [-0.05, 0) is 26.7 Å². The summed E-state index contributed by atoms with van der Waals surface area (Å²) in [7, 11) is 1.64. The summed E-state index contributed by atoms with van der Waals surface area (Å²) in [5.41, 5.74) is -0.873. The molecule has 1 unspecified atom stereocenters. The fourth-order valence-electron chi connectivity index (χ4n) is 2.27. The van der Waals surface area contributed by atoms with E-state index in [9.17, 15) is 10.4 Å². The summed E-state index contributed by atoms with van der Waals surface area (Å²) in [5.74, 6) is 0. The molecular formula is C12H21NO2. The minimum Gasteiger partial charge on any atom is -0.391 e. The van der Waals surface area contributed by atoms with Crippen LogP contribution in [-0.2, 0) is 4.74 Å². The topological polar surface area (TPSA) is 53.2 Å². The Labute approximate surface area is 92.0 Å². The average molecular weight is 211 g/mol. The van der Waals surface area contributed by atoms with Crippen molar-refractivity contribution >= 4 is 0 Å². The molecule has 3 heteroatoms. The zero-order valence-corrected chi connectivity index (χ0v) is 9.92. The van der Waals surface area contributed by atoms with Crippen LogP contribution in [0, 0.1) is 16.7 Å². The second-order valence-electron chi connectivity index (χ2n) is 5.16. The highest BCUT2D eigenvalue weighted by Gasteiger charge is 2.43. The van der Waals surface area contributed by atoms with E-state index < -0.39 is 11.5 Å². The van der Waals surface area contributed by atoms with Gasteiger partial charge in [0.25, 0.3) is 0 Å². The minimum atomic E-state index is -0.569. The quantitative estimate of drug-likeness (QED) is 0.776. The number of methoxy groups -OCH3 is 1. The SMILES string of the molecule is COC(C)(C)CC(O)C1(C#N)CCCC1. The first-order valence-electron chi connectivity index (χ1n) is 5.60. The van der Waals surface area contributed by atoms with Gasteiger partial charge in [0.1, 0.15) is 0 Å². The predicted octanol–water partition coefficient (Wildman–Crippen LogP) is 2.25. The summed E-state index contributed by atoms with van der Waals surface area (Å²) in [6, 6.07) is 2.32. The van der Waals surface area contributed by atoms with Crippen molar-refractivity contribution in [2.24, 2.45) is 5.41 Å². The second-order valence-corrected chi connectivity index (χ2v) is 5.16. The third kappa shape index (κ3) is 2.70. The zero-order valence-electron chi connectivity index (χ0n) is 9.92. The summed E-state index contributed by atoms with van der Waals surface area (Å²) in [4.78, 5) is 0. The molecule has 1 saturated carbocycles. The molecule has 1 fully saturated rings. The summed E-state index contributed by atoms with van der Waals surface area (Å²) in [5, 5.41) is 19.4. The first-order valence-corrected chi connectivity index (χ1v) is 5.60. The number of hydrogen-bond donors (Lipinski definition) is 1. The average Bonchev–Trinajstić information content (AvgIpc) is 2.66. The number of ether oxygens (including phenoxy) is 1. The lowest BCUT2D eigenvalue weighted by molar-refractivity contribution is -0.0465. The first-order chi connectivity index (χ1) is 6.96. The van der Waals surface area contributed by atoms with Crippen LogP contribution in [0.25, 0.3) is 0 Å². The zero-order chi connectivity index (χ0) is 11.5. The van der Waals surface area contributed by atoms with Gasteiger partial charge >= 0.3 is 0 Å². The Balaban J connectivity index is 2.67. The number of aliphatic hydroxyl groups excluding tert-OH is 1. The van der Waals surface area contributed by atoms with Gasteiger partial charge in [0.05, 0.1) is 23.2 Å². The predicted molar refractivity (Wildman–Crippen MR) is 58.2 cm³/mol. The van der Waals surface area contributed by atoms with Gasteiger partial charge < -0.3 is 9.84 Å². The molecule has 0 saturated heterocycles. The Morgan fingerprint density at radius 1 is 1.47 bits per heavy atom. The molecule has 1 rings (SSSR count). The van der Waals surface area contributed by atoms with E-state index in [2.05, 4.69) is 6.07 Å². The van der Waals surface area contributed by atoms with Crippen LogP contribution in [0.15, 0.2) is 0 Å². The highest BCUT2D eigenvalue weighted by molar-refractivity contribution is 5.07. The highest BCUT2D eigenvalue weighted by atomic mass is 16.5. The van der Waals surface area contributed by atoms with Crippen molar-refractivity contribution in [1.29, 1.82) is 5.26 Å². The molecule has 0 radical (unpaired) electrons. The van der Waals surface area contributed by atoms with E-state index in [0.29, 0.717) is 6.42 Å². The van der Waals surface area contributed by atoms with Crippen LogP contribution in [0.4, 0.5) is 0 Å². The van der Waals surface area contributed by atoms with Gasteiger partial charge in [-0.1, -0.05) is 12.8 Å². The number of hydrogen-bond acceptors (Lipinski definition) is 3. The number of nitrogens with zero attached hydrogens (tertiary/aromatic N) is 1. The third-order valence-corrected chi connectivity index (χ3v) is 3.59. The summed E-state index contributed by atoms with van der Waals surface area (Å²) in [6.07, 6.45) is 3.71. The lowest BCUT2D eigenvalue weighted by Crippen LogP contribution is -2.38. The van der Waals surface area contributed by atoms with Gasteiger partial charge in [-0.3, -0.25) is 0 Å². The van der Waals surface area contributed by atoms with Crippen LogP contribution in [-0.4, -0.2) is 23.9 Å². The lowest BCUT2D eigenvalue weighted by atomic mass is 9.77. The molecular weight excluding hydrogens is 190 g/mol. The molecule has 0 aromatic carbocycles. The lowest BCUT2D eigenvalue weighted by Gasteiger charge is -2.33. The normalized spacial score (nSPS) is 22.3. The largest absolute Gasteiger partial charge is 0.391 e. The smallest absolute Gasteiger partial charge is 0.0833 e. The second kappa shape index (κ2) is 4.51. The Kier molecular flexibility index (Phi) is 3.75. The van der Waals surface area contributed by atoms with Crippen molar-refractivity contribution in [3.63, 3.8) is 0 Å². The number of aliphatic hydroxyl groups is 1. The Hall–Kier alpha value is -0.590. The van der Waals surface area contributed by atoms with Crippen molar-refractivity contribution in [1.82, 2.24) is 0 Å². The fourth-order valence-corrected chi connectivity index (χ4v) is 2.27. The highest BCUT2D eigenvalue weighted by Crippen LogP contribution is 2.42. The van der Waals surface area contributed by atoms with Crippen LogP contribution in [0.1, 0.15) is 46.0 Å². The molecule has 0 amide bonds. The first kappa shape index (κ1) is 12.5. The summed E-state index contributed by atoms with van der Waals surface area (Å²) < 4.78 is 5.29. The van der Waals surface area contributed by atoms with Crippen molar-refractivity contribution in [3.8, 4) is 6.07 Å². The monoisotopic (exact) mass is 211 g/mol. The van der Waals surface area contributed by atoms with Crippen molar-refractivity contribution in [2.45, 2.75) is 57.7 Å². The standard InChI is InChI=1S/C12H21NO2/c1-11(2,15-3)8-10(14)12(9-13)6-4-5-7-12/h10,14H,4-8H2,1-3H3. The fraction of sp³-hybridized carbons (Fsp3) is 0.917. The van der Waals surface area contributed by atoms with Gasteiger partial charge in [-0.25, -0.2) is 0 Å². The molecule has 0 spiro atoms. The maximum absolute atomic E-state index is 10.2. The van der Waals surface area contributed by atoms with Crippen molar-refractivity contribution < 1.29 is 9.84 Å². The molecule has 0 bridgehead atoms. The molecule has 3 nitrogen and oxygen atoms in total. The van der Waals surface area contributed by atoms with Gasteiger partial charge in [-0.15, -0.1) is 0 Å². The van der Waals surface area contributed by atoms with Crippen molar-refractivity contribution in [3.05, 3.63) is 0 Å². The molecule has 0 aromatic rings. The van der Waals surface area contributed by atoms with E-state index in [1.165, 1.54) is 0 Å². The van der Waals surface area contributed by atoms with Crippen LogP contribution in [0.2, 0.25) is 0 Å². The number of rotatable bonds is 4. The molecule has 1 aliphatic rings. The van der Waals surface area contributed by atoms with Crippen LogP contribution >= 0.6 is 0 Å². The molecule has 0 aromatic heterocycles. The van der Waals surface area contributed by atoms with E-state index in [-0.39, 0.29) is 5.60 Å². The molecule has 1 N–H and O–H groups in total. The van der Waals surface area contributed by atoms with E-state index in [0.717, 1.165) is 25.7 Å².